The predicted octanol–water partition coefficient (Wildman–Crippen LogP) is 2.53. The molecular formula is C12H11N3. The van der Waals surface area contributed by atoms with Crippen molar-refractivity contribution >= 4 is 0 Å². The predicted molar refractivity (Wildman–Crippen MR) is 58.0 cm³/mol. The minimum absolute atomic E-state index is 0.502. The summed E-state index contributed by atoms with van der Waals surface area (Å²) < 4.78 is 0. The van der Waals surface area contributed by atoms with Gasteiger partial charge < -0.3 is 4.98 Å². The van der Waals surface area contributed by atoms with Crippen molar-refractivity contribution in [2.45, 2.75) is 12.8 Å². The van der Waals surface area contributed by atoms with Crippen LogP contribution >= 0.6 is 0 Å². The van der Waals surface area contributed by atoms with Gasteiger partial charge in [-0.05, 0) is 0 Å². The largest absolute Gasteiger partial charge is 0.348 e. The molecule has 0 fully saturated rings. The highest BCUT2D eigenvalue weighted by Gasteiger charge is 2.02. The maximum Gasteiger partial charge on any atom is 0.107 e. The molecule has 3 nitrogen and oxygen atoms in total. The molecule has 0 saturated carbocycles. The molecule has 1 aromatic heterocycles. The Morgan fingerprint density at radius 2 is 2.07 bits per heavy atom. The summed E-state index contributed by atoms with van der Waals surface area (Å²) in [6.07, 6.45) is 3.06. The van der Waals surface area contributed by atoms with Gasteiger partial charge in [0.15, 0.2) is 0 Å². The number of hydrogen-bond acceptors (Lipinski definition) is 2. The number of aromatic nitrogens is 2. The number of rotatable bonds is 3. The fourth-order valence-corrected chi connectivity index (χ4v) is 1.42. The highest BCUT2D eigenvalue weighted by molar-refractivity contribution is 5.57. The van der Waals surface area contributed by atoms with Crippen LogP contribution in [0.2, 0.25) is 0 Å². The summed E-state index contributed by atoms with van der Waals surface area (Å²) in [6, 6.07) is 12.1. The van der Waals surface area contributed by atoms with Crippen LogP contribution in [0.3, 0.4) is 0 Å². The van der Waals surface area contributed by atoms with Crippen molar-refractivity contribution in [3.8, 4) is 17.3 Å². The third-order valence-electron chi connectivity index (χ3n) is 2.17. The Hall–Kier alpha value is -2.08. The molecule has 0 aliphatic rings. The second-order valence-corrected chi connectivity index (χ2v) is 3.26. The molecular weight excluding hydrogens is 186 g/mol. The van der Waals surface area contributed by atoms with Crippen molar-refractivity contribution in [3.05, 3.63) is 42.4 Å². The molecule has 0 aliphatic heterocycles. The van der Waals surface area contributed by atoms with Gasteiger partial charge in [0, 0.05) is 24.6 Å². The third kappa shape index (κ3) is 2.23. The van der Waals surface area contributed by atoms with Crippen LogP contribution in [0, 0.1) is 11.3 Å². The van der Waals surface area contributed by atoms with E-state index in [1.54, 1.807) is 0 Å². The van der Waals surface area contributed by atoms with E-state index >= 15 is 0 Å². The van der Waals surface area contributed by atoms with Crippen LogP contribution in [-0.2, 0) is 6.42 Å². The molecule has 0 unspecified atom stereocenters. The number of imidazole rings is 1. The molecule has 3 heteroatoms. The molecule has 74 valence electrons. The molecule has 0 radical (unpaired) electrons. The van der Waals surface area contributed by atoms with Gasteiger partial charge in [0.1, 0.15) is 5.82 Å². The van der Waals surface area contributed by atoms with Crippen molar-refractivity contribution in [2.24, 2.45) is 0 Å². The molecule has 0 atom stereocenters. The zero-order chi connectivity index (χ0) is 10.5. The number of benzene rings is 1. The smallest absolute Gasteiger partial charge is 0.107 e. The maximum atomic E-state index is 8.46. The SMILES string of the molecule is N#CCCc1nc(-c2ccccc2)c[nH]1. The van der Waals surface area contributed by atoms with Crippen molar-refractivity contribution in [1.29, 1.82) is 5.26 Å². The maximum absolute atomic E-state index is 8.46. The molecule has 15 heavy (non-hydrogen) atoms. The summed E-state index contributed by atoms with van der Waals surface area (Å²) in [4.78, 5) is 7.49. The van der Waals surface area contributed by atoms with Gasteiger partial charge in [-0.1, -0.05) is 30.3 Å². The van der Waals surface area contributed by atoms with Gasteiger partial charge in [-0.25, -0.2) is 4.98 Å². The topological polar surface area (TPSA) is 52.5 Å². The van der Waals surface area contributed by atoms with Crippen molar-refractivity contribution in [1.82, 2.24) is 9.97 Å². The molecule has 1 aromatic carbocycles. The first-order valence-corrected chi connectivity index (χ1v) is 4.87. The van der Waals surface area contributed by atoms with Gasteiger partial charge in [0.2, 0.25) is 0 Å². The van der Waals surface area contributed by atoms with E-state index in [9.17, 15) is 0 Å². The van der Waals surface area contributed by atoms with Gasteiger partial charge in [-0.2, -0.15) is 5.26 Å². The zero-order valence-corrected chi connectivity index (χ0v) is 8.27. The Morgan fingerprint density at radius 1 is 1.27 bits per heavy atom. The molecule has 0 amide bonds. The lowest BCUT2D eigenvalue weighted by atomic mass is 10.2. The van der Waals surface area contributed by atoms with Crippen LogP contribution < -0.4 is 0 Å². The Kier molecular flexibility index (Phi) is 2.80. The Morgan fingerprint density at radius 3 is 2.80 bits per heavy atom. The summed E-state index contributed by atoms with van der Waals surface area (Å²) in [5.41, 5.74) is 2.03. The fourth-order valence-electron chi connectivity index (χ4n) is 1.42. The highest BCUT2D eigenvalue weighted by atomic mass is 14.9. The number of aromatic amines is 1. The summed E-state index contributed by atoms with van der Waals surface area (Å²) in [5.74, 6) is 0.871. The summed E-state index contributed by atoms with van der Waals surface area (Å²) >= 11 is 0. The third-order valence-corrected chi connectivity index (χ3v) is 2.17. The van der Waals surface area contributed by atoms with E-state index in [0.717, 1.165) is 17.1 Å². The average molecular weight is 197 g/mol. The minimum Gasteiger partial charge on any atom is -0.348 e. The summed E-state index contributed by atoms with van der Waals surface area (Å²) in [6.45, 7) is 0. The Balaban J connectivity index is 2.18. The quantitative estimate of drug-likeness (QED) is 0.822. The highest BCUT2D eigenvalue weighted by Crippen LogP contribution is 2.16. The molecule has 2 rings (SSSR count). The van der Waals surface area contributed by atoms with Crippen LogP contribution in [0.25, 0.3) is 11.3 Å². The Labute approximate surface area is 88.4 Å². The second-order valence-electron chi connectivity index (χ2n) is 3.26. The summed E-state index contributed by atoms with van der Waals surface area (Å²) in [5, 5.41) is 8.46. The average Bonchev–Trinajstić information content (AvgIpc) is 2.76. The van der Waals surface area contributed by atoms with E-state index in [1.165, 1.54) is 0 Å². The van der Waals surface area contributed by atoms with E-state index in [-0.39, 0.29) is 0 Å². The van der Waals surface area contributed by atoms with Crippen LogP contribution in [0.4, 0.5) is 0 Å². The van der Waals surface area contributed by atoms with Gasteiger partial charge in [-0.15, -0.1) is 0 Å². The van der Waals surface area contributed by atoms with Crippen molar-refractivity contribution in [2.75, 3.05) is 0 Å². The monoisotopic (exact) mass is 197 g/mol. The van der Waals surface area contributed by atoms with Crippen molar-refractivity contribution < 1.29 is 0 Å². The van der Waals surface area contributed by atoms with E-state index in [2.05, 4.69) is 16.0 Å². The lowest BCUT2D eigenvalue weighted by molar-refractivity contribution is 0.918. The number of aryl methyl sites for hydroxylation is 1. The molecule has 0 aliphatic carbocycles. The van der Waals surface area contributed by atoms with Gasteiger partial charge in [0.25, 0.3) is 0 Å². The first kappa shape index (κ1) is 9.47. The number of nitrogens with zero attached hydrogens (tertiary/aromatic N) is 2. The number of hydrogen-bond donors (Lipinski definition) is 1. The molecule has 1 heterocycles. The number of H-pyrrole nitrogens is 1. The van der Waals surface area contributed by atoms with Crippen LogP contribution in [-0.4, -0.2) is 9.97 Å². The molecule has 0 saturated heterocycles. The fraction of sp³-hybridized carbons (Fsp3) is 0.167. The van der Waals surface area contributed by atoms with E-state index in [0.29, 0.717) is 12.8 Å². The van der Waals surface area contributed by atoms with E-state index in [4.69, 9.17) is 5.26 Å². The van der Waals surface area contributed by atoms with Gasteiger partial charge >= 0.3 is 0 Å². The van der Waals surface area contributed by atoms with Gasteiger partial charge in [-0.3, -0.25) is 0 Å². The normalized spacial score (nSPS) is 9.80. The van der Waals surface area contributed by atoms with Crippen LogP contribution in [0.5, 0.6) is 0 Å². The molecule has 2 aromatic rings. The van der Waals surface area contributed by atoms with Crippen molar-refractivity contribution in [3.63, 3.8) is 0 Å². The lowest BCUT2D eigenvalue weighted by Gasteiger charge is -1.93. The molecule has 0 spiro atoms. The number of nitrogens with one attached hydrogen (secondary N) is 1. The minimum atomic E-state index is 0.502. The zero-order valence-electron chi connectivity index (χ0n) is 8.27. The summed E-state index contributed by atoms with van der Waals surface area (Å²) in [7, 11) is 0. The lowest BCUT2D eigenvalue weighted by Crippen LogP contribution is -1.86. The Bertz CT molecular complexity index is 465. The molecule has 0 bridgehead atoms. The number of nitriles is 1. The first-order chi connectivity index (χ1) is 7.40. The first-order valence-electron chi connectivity index (χ1n) is 4.87. The standard InChI is InChI=1S/C12H11N3/c13-8-4-7-12-14-9-11(15-12)10-5-2-1-3-6-10/h1-3,5-6,9H,4,7H2,(H,14,15). The van der Waals surface area contributed by atoms with Gasteiger partial charge in [0.05, 0.1) is 11.8 Å². The van der Waals surface area contributed by atoms with E-state index < -0.39 is 0 Å². The molecule has 1 N–H and O–H groups in total. The second kappa shape index (κ2) is 4.43. The van der Waals surface area contributed by atoms with Crippen LogP contribution in [0.15, 0.2) is 36.5 Å². The van der Waals surface area contributed by atoms with Crippen LogP contribution in [0.1, 0.15) is 12.2 Å². The van der Waals surface area contributed by atoms with E-state index in [1.807, 2.05) is 36.5 Å².